The molecule has 0 saturated heterocycles. The van der Waals surface area contributed by atoms with Gasteiger partial charge in [0.2, 0.25) is 0 Å². The van der Waals surface area contributed by atoms with Gasteiger partial charge in [-0.1, -0.05) is 51.5 Å². The Labute approximate surface area is 145 Å². The van der Waals surface area contributed by atoms with Gasteiger partial charge in [0.05, 0.1) is 0 Å². The molecule has 1 saturated carbocycles. The molecule has 3 rings (SSSR count). The van der Waals surface area contributed by atoms with Crippen LogP contribution in [0.25, 0.3) is 0 Å². The highest BCUT2D eigenvalue weighted by Crippen LogP contribution is 2.53. The minimum absolute atomic E-state index is 0.0623. The van der Waals surface area contributed by atoms with Crippen LogP contribution in [0.3, 0.4) is 0 Å². The first-order chi connectivity index (χ1) is 11.4. The molecular formula is C22H28O2. The molecule has 2 aromatic rings. The quantitative estimate of drug-likeness (QED) is 0.785. The summed E-state index contributed by atoms with van der Waals surface area (Å²) in [6.45, 7) is 6.97. The van der Waals surface area contributed by atoms with Crippen LogP contribution in [0, 0.1) is 17.8 Å². The van der Waals surface area contributed by atoms with E-state index in [2.05, 4.69) is 45.0 Å². The average Bonchev–Trinajstić information content (AvgIpc) is 2.55. The monoisotopic (exact) mass is 324 g/mol. The first-order valence-corrected chi connectivity index (χ1v) is 9.02. The summed E-state index contributed by atoms with van der Waals surface area (Å²) in [6, 6.07) is 15.5. The summed E-state index contributed by atoms with van der Waals surface area (Å²) in [5.74, 6) is 2.39. The Morgan fingerprint density at radius 1 is 0.833 bits per heavy atom. The molecule has 2 atom stereocenters. The zero-order valence-electron chi connectivity index (χ0n) is 14.9. The molecule has 0 aliphatic heterocycles. The molecule has 0 radical (unpaired) electrons. The van der Waals surface area contributed by atoms with E-state index in [0.29, 0.717) is 29.3 Å². The normalized spacial score (nSPS) is 23.3. The van der Waals surface area contributed by atoms with E-state index in [4.69, 9.17) is 0 Å². The molecule has 2 aromatic carbocycles. The van der Waals surface area contributed by atoms with E-state index in [1.165, 1.54) is 24.0 Å². The van der Waals surface area contributed by atoms with Gasteiger partial charge in [0.15, 0.2) is 0 Å². The molecule has 128 valence electrons. The number of hydrogen-bond acceptors (Lipinski definition) is 2. The zero-order chi connectivity index (χ0) is 17.3. The van der Waals surface area contributed by atoms with Crippen molar-refractivity contribution in [2.45, 2.75) is 45.4 Å². The molecule has 0 amide bonds. The highest BCUT2D eigenvalue weighted by atomic mass is 16.3. The molecular weight excluding hydrogens is 296 g/mol. The summed E-state index contributed by atoms with van der Waals surface area (Å²) in [6.07, 6.45) is 3.58. The topological polar surface area (TPSA) is 40.5 Å². The van der Waals surface area contributed by atoms with Crippen LogP contribution in [-0.2, 0) is 5.41 Å². The van der Waals surface area contributed by atoms with Gasteiger partial charge in [0, 0.05) is 5.41 Å². The SMILES string of the molecule is CC1CCC(C(C)C)C(c2ccc(O)cc2)(c2ccc(O)cc2)C1. The highest BCUT2D eigenvalue weighted by molar-refractivity contribution is 5.44. The van der Waals surface area contributed by atoms with Gasteiger partial charge >= 0.3 is 0 Å². The van der Waals surface area contributed by atoms with Crippen molar-refractivity contribution in [3.63, 3.8) is 0 Å². The lowest BCUT2D eigenvalue weighted by Gasteiger charge is -2.49. The molecule has 2 unspecified atom stereocenters. The van der Waals surface area contributed by atoms with Crippen molar-refractivity contribution < 1.29 is 10.2 Å². The van der Waals surface area contributed by atoms with Gasteiger partial charge in [-0.2, -0.15) is 0 Å². The van der Waals surface area contributed by atoms with Crippen molar-refractivity contribution in [3.8, 4) is 11.5 Å². The van der Waals surface area contributed by atoms with E-state index in [9.17, 15) is 10.2 Å². The van der Waals surface area contributed by atoms with Crippen molar-refractivity contribution in [2.24, 2.45) is 17.8 Å². The third kappa shape index (κ3) is 2.90. The number of benzene rings is 2. The number of aromatic hydroxyl groups is 2. The Balaban J connectivity index is 2.21. The molecule has 0 aromatic heterocycles. The lowest BCUT2D eigenvalue weighted by molar-refractivity contribution is 0.135. The van der Waals surface area contributed by atoms with Crippen LogP contribution in [0.4, 0.5) is 0 Å². The van der Waals surface area contributed by atoms with Crippen LogP contribution in [0.2, 0.25) is 0 Å². The summed E-state index contributed by atoms with van der Waals surface area (Å²) in [5.41, 5.74) is 2.49. The van der Waals surface area contributed by atoms with Crippen LogP contribution in [0.1, 0.15) is 51.2 Å². The van der Waals surface area contributed by atoms with E-state index in [1.807, 2.05) is 0 Å². The van der Waals surface area contributed by atoms with E-state index < -0.39 is 0 Å². The number of rotatable bonds is 3. The van der Waals surface area contributed by atoms with Crippen molar-refractivity contribution >= 4 is 0 Å². The number of phenolic OH excluding ortho intramolecular Hbond substituents is 2. The number of hydrogen-bond donors (Lipinski definition) is 2. The first-order valence-electron chi connectivity index (χ1n) is 9.02. The smallest absolute Gasteiger partial charge is 0.115 e. The van der Waals surface area contributed by atoms with Crippen molar-refractivity contribution in [3.05, 3.63) is 59.7 Å². The Morgan fingerprint density at radius 2 is 1.29 bits per heavy atom. The molecule has 2 N–H and O–H groups in total. The Bertz CT molecular complexity index is 625. The maximum Gasteiger partial charge on any atom is 0.115 e. The van der Waals surface area contributed by atoms with E-state index in [0.717, 1.165) is 6.42 Å². The van der Waals surface area contributed by atoms with Crippen LogP contribution >= 0.6 is 0 Å². The van der Waals surface area contributed by atoms with E-state index in [1.54, 1.807) is 24.3 Å². The van der Waals surface area contributed by atoms with Crippen LogP contribution in [0.5, 0.6) is 11.5 Å². The molecule has 0 spiro atoms. The minimum Gasteiger partial charge on any atom is -0.508 e. The fourth-order valence-corrected chi connectivity index (χ4v) is 4.76. The predicted octanol–water partition coefficient (Wildman–Crippen LogP) is 5.48. The molecule has 24 heavy (non-hydrogen) atoms. The van der Waals surface area contributed by atoms with Crippen LogP contribution in [0.15, 0.2) is 48.5 Å². The summed E-state index contributed by atoms with van der Waals surface area (Å²) >= 11 is 0. The Kier molecular flexibility index (Phi) is 4.58. The maximum atomic E-state index is 9.74. The third-order valence-electron chi connectivity index (χ3n) is 5.84. The van der Waals surface area contributed by atoms with Gasteiger partial charge in [0.25, 0.3) is 0 Å². The zero-order valence-corrected chi connectivity index (χ0v) is 14.9. The second-order valence-electron chi connectivity index (χ2n) is 7.80. The molecule has 2 nitrogen and oxygen atoms in total. The largest absolute Gasteiger partial charge is 0.508 e. The summed E-state index contributed by atoms with van der Waals surface area (Å²) in [7, 11) is 0. The molecule has 0 bridgehead atoms. The van der Waals surface area contributed by atoms with Crippen molar-refractivity contribution in [1.82, 2.24) is 0 Å². The Morgan fingerprint density at radius 3 is 1.71 bits per heavy atom. The number of phenols is 2. The van der Waals surface area contributed by atoms with Gasteiger partial charge in [-0.3, -0.25) is 0 Å². The summed E-state index contributed by atoms with van der Waals surface area (Å²) in [4.78, 5) is 0. The predicted molar refractivity (Wildman–Crippen MR) is 98.3 cm³/mol. The van der Waals surface area contributed by atoms with E-state index in [-0.39, 0.29) is 5.41 Å². The standard InChI is InChI=1S/C22H28O2/c1-15(2)21-13-4-16(3)14-22(21,17-5-9-19(23)10-6-17)18-7-11-20(24)12-8-18/h5-12,15-16,21,23-24H,4,13-14H2,1-3H3. The second-order valence-corrected chi connectivity index (χ2v) is 7.80. The molecule has 1 aliphatic carbocycles. The highest BCUT2D eigenvalue weighted by Gasteiger charge is 2.46. The molecule has 0 heterocycles. The first kappa shape index (κ1) is 16.9. The fourth-order valence-electron chi connectivity index (χ4n) is 4.76. The van der Waals surface area contributed by atoms with Gasteiger partial charge < -0.3 is 10.2 Å². The van der Waals surface area contributed by atoms with Gasteiger partial charge in [-0.05, 0) is 66.0 Å². The minimum atomic E-state index is -0.0623. The second kappa shape index (κ2) is 6.51. The van der Waals surface area contributed by atoms with Crippen LogP contribution < -0.4 is 0 Å². The molecule has 1 fully saturated rings. The molecule has 1 aliphatic rings. The lowest BCUT2D eigenvalue weighted by Crippen LogP contribution is -2.44. The molecule has 2 heteroatoms. The van der Waals surface area contributed by atoms with Crippen molar-refractivity contribution in [2.75, 3.05) is 0 Å². The summed E-state index contributed by atoms with van der Waals surface area (Å²) in [5, 5.41) is 19.5. The lowest BCUT2D eigenvalue weighted by atomic mass is 9.54. The fraction of sp³-hybridized carbons (Fsp3) is 0.455. The average molecular weight is 324 g/mol. The van der Waals surface area contributed by atoms with Crippen molar-refractivity contribution in [1.29, 1.82) is 0 Å². The van der Waals surface area contributed by atoms with Crippen LogP contribution in [-0.4, -0.2) is 10.2 Å². The van der Waals surface area contributed by atoms with Gasteiger partial charge in [-0.25, -0.2) is 0 Å². The summed E-state index contributed by atoms with van der Waals surface area (Å²) < 4.78 is 0. The Hall–Kier alpha value is -1.96. The van der Waals surface area contributed by atoms with E-state index >= 15 is 0 Å². The van der Waals surface area contributed by atoms with Gasteiger partial charge in [0.1, 0.15) is 11.5 Å². The third-order valence-corrected chi connectivity index (χ3v) is 5.84. The maximum absolute atomic E-state index is 9.74. The van der Waals surface area contributed by atoms with Gasteiger partial charge in [-0.15, -0.1) is 0 Å².